The van der Waals surface area contributed by atoms with Gasteiger partial charge in [-0.05, 0) is 49.1 Å². The maximum atomic E-state index is 13.5. The number of sulfonamides is 1. The van der Waals surface area contributed by atoms with Crippen LogP contribution in [0.1, 0.15) is 71.6 Å². The number of rotatable bonds is 14. The van der Waals surface area contributed by atoms with E-state index in [-0.39, 0.29) is 48.1 Å². The highest BCUT2D eigenvalue weighted by Crippen LogP contribution is 2.41. The lowest BCUT2D eigenvalue weighted by atomic mass is 9.83. The molecular weight excluding hydrogens is 480 g/mol. The van der Waals surface area contributed by atoms with Crippen molar-refractivity contribution in [2.24, 2.45) is 23.7 Å². The Bertz CT molecular complexity index is 962. The Labute approximate surface area is 215 Å². The van der Waals surface area contributed by atoms with E-state index in [9.17, 15) is 23.1 Å². The summed E-state index contributed by atoms with van der Waals surface area (Å²) < 4.78 is 28.2. The van der Waals surface area contributed by atoms with Crippen LogP contribution in [0.4, 0.5) is 0 Å². The molecular formula is C27H42N2O6S. The van der Waals surface area contributed by atoms with Crippen LogP contribution < -0.4 is 5.32 Å². The van der Waals surface area contributed by atoms with E-state index in [1.807, 2.05) is 13.8 Å². The Morgan fingerprint density at radius 3 is 2.39 bits per heavy atom. The molecule has 3 N–H and O–H groups in total. The van der Waals surface area contributed by atoms with E-state index < -0.39 is 28.1 Å². The zero-order valence-corrected chi connectivity index (χ0v) is 22.3. The first kappa shape index (κ1) is 28.6. The molecule has 36 heavy (non-hydrogen) atoms. The van der Waals surface area contributed by atoms with Crippen LogP contribution in [-0.4, -0.2) is 60.0 Å². The molecule has 0 bridgehead atoms. The summed E-state index contributed by atoms with van der Waals surface area (Å²) in [4.78, 5) is 24.1. The fourth-order valence-corrected chi connectivity index (χ4v) is 6.69. The van der Waals surface area contributed by atoms with E-state index in [0.29, 0.717) is 25.2 Å². The van der Waals surface area contributed by atoms with Gasteiger partial charge in [0.2, 0.25) is 15.9 Å². The highest BCUT2D eigenvalue weighted by molar-refractivity contribution is 7.89. The number of carbonyl (C=O) groups excluding carboxylic acids is 1. The Morgan fingerprint density at radius 2 is 1.78 bits per heavy atom. The van der Waals surface area contributed by atoms with Gasteiger partial charge in [0.05, 0.1) is 17.0 Å². The van der Waals surface area contributed by atoms with Gasteiger partial charge in [0.15, 0.2) is 0 Å². The third-order valence-corrected chi connectivity index (χ3v) is 9.41. The minimum absolute atomic E-state index is 0.0355. The molecule has 0 saturated heterocycles. The van der Waals surface area contributed by atoms with E-state index in [2.05, 4.69) is 5.32 Å². The molecule has 2 aliphatic rings. The molecule has 0 aliphatic heterocycles. The van der Waals surface area contributed by atoms with Crippen molar-refractivity contribution in [3.05, 3.63) is 30.3 Å². The lowest BCUT2D eigenvalue weighted by Gasteiger charge is -2.33. The number of benzene rings is 1. The first-order valence-corrected chi connectivity index (χ1v) is 14.8. The highest BCUT2D eigenvalue weighted by atomic mass is 32.2. The van der Waals surface area contributed by atoms with E-state index in [1.165, 1.54) is 10.7 Å². The van der Waals surface area contributed by atoms with Crippen molar-refractivity contribution in [3.8, 4) is 0 Å². The molecule has 0 aromatic heterocycles. The number of aliphatic hydroxyl groups is 1. The van der Waals surface area contributed by atoms with Gasteiger partial charge in [-0.15, -0.1) is 0 Å². The van der Waals surface area contributed by atoms with Gasteiger partial charge in [-0.25, -0.2) is 8.42 Å². The molecule has 1 aromatic rings. The molecule has 1 aromatic carbocycles. The van der Waals surface area contributed by atoms with Gasteiger partial charge in [0.1, 0.15) is 0 Å². The molecule has 0 spiro atoms. The van der Waals surface area contributed by atoms with Crippen LogP contribution in [0.2, 0.25) is 0 Å². The Morgan fingerprint density at radius 1 is 1.11 bits per heavy atom. The van der Waals surface area contributed by atoms with Crippen molar-refractivity contribution in [2.45, 2.75) is 88.7 Å². The van der Waals surface area contributed by atoms with E-state index in [4.69, 9.17) is 5.11 Å². The first-order chi connectivity index (χ1) is 17.1. The van der Waals surface area contributed by atoms with Gasteiger partial charge in [-0.3, -0.25) is 9.59 Å². The fourth-order valence-electron chi connectivity index (χ4n) is 5.19. The van der Waals surface area contributed by atoms with Gasteiger partial charge in [-0.2, -0.15) is 4.31 Å². The summed E-state index contributed by atoms with van der Waals surface area (Å²) in [7, 11) is -3.82. The van der Waals surface area contributed by atoms with Gasteiger partial charge in [0.25, 0.3) is 0 Å². The third kappa shape index (κ3) is 8.28. The molecule has 4 atom stereocenters. The Hall–Kier alpha value is -1.97. The molecule has 2 fully saturated rings. The lowest BCUT2D eigenvalue weighted by Crippen LogP contribution is -2.51. The van der Waals surface area contributed by atoms with Gasteiger partial charge in [0, 0.05) is 25.4 Å². The Kier molecular flexibility index (Phi) is 10.3. The second-order valence-electron chi connectivity index (χ2n) is 11.0. The minimum atomic E-state index is -3.82. The number of hydrogen-bond acceptors (Lipinski definition) is 5. The topological polar surface area (TPSA) is 124 Å². The molecule has 2 unspecified atom stereocenters. The van der Waals surface area contributed by atoms with Crippen molar-refractivity contribution >= 4 is 21.9 Å². The highest BCUT2D eigenvalue weighted by Gasteiger charge is 2.45. The Balaban J connectivity index is 1.75. The predicted octanol–water partition coefficient (Wildman–Crippen LogP) is 3.65. The van der Waals surface area contributed by atoms with Crippen molar-refractivity contribution in [2.75, 3.05) is 13.1 Å². The molecule has 1 amide bonds. The van der Waals surface area contributed by atoms with Gasteiger partial charge in [-0.1, -0.05) is 64.2 Å². The summed E-state index contributed by atoms with van der Waals surface area (Å²) in [6.07, 6.45) is 6.16. The van der Waals surface area contributed by atoms with Crippen molar-refractivity contribution in [3.63, 3.8) is 0 Å². The molecule has 202 valence electrons. The largest absolute Gasteiger partial charge is 0.481 e. The standard InChI is InChI=1S/C27H42N2O6S/c1-19(2)13-14-29(36(34,35)22-11-7-4-8-12-22)18-25(30)24(15-20-9-5-3-6-10-20)28-27(33)23-16-21(23)17-26(31)32/h4,7-8,11-12,19-21,23-25,30H,3,5-6,9-10,13-18H2,1-2H3,(H,28,33)(H,31,32)/t21?,23?,24-,25+/m0/s1. The van der Waals surface area contributed by atoms with E-state index in [0.717, 1.165) is 25.7 Å². The summed E-state index contributed by atoms with van der Waals surface area (Å²) in [5.74, 6) is -1.03. The number of carboxylic acids is 1. The summed E-state index contributed by atoms with van der Waals surface area (Å²) in [6.45, 7) is 4.22. The zero-order valence-electron chi connectivity index (χ0n) is 21.5. The second-order valence-corrected chi connectivity index (χ2v) is 12.9. The third-order valence-electron chi connectivity index (χ3n) is 7.53. The molecule has 3 rings (SSSR count). The number of carboxylic acid groups (broad SMARTS) is 1. The molecule has 8 nitrogen and oxygen atoms in total. The van der Waals surface area contributed by atoms with Gasteiger partial charge < -0.3 is 15.5 Å². The SMILES string of the molecule is CC(C)CCN(C[C@@H](O)[C@H](CC1CCCCC1)NC(=O)C1CC1CC(=O)O)S(=O)(=O)c1ccccc1. The van der Waals surface area contributed by atoms with Crippen LogP contribution in [0.15, 0.2) is 35.2 Å². The first-order valence-electron chi connectivity index (χ1n) is 13.3. The van der Waals surface area contributed by atoms with Crippen LogP contribution in [0, 0.1) is 23.7 Å². The summed E-state index contributed by atoms with van der Waals surface area (Å²) in [6, 6.07) is 7.65. The van der Waals surface area contributed by atoms with E-state index in [1.54, 1.807) is 30.3 Å². The minimum Gasteiger partial charge on any atom is -0.481 e. The average molecular weight is 523 g/mol. The maximum Gasteiger partial charge on any atom is 0.303 e. The van der Waals surface area contributed by atoms with Crippen LogP contribution in [0.3, 0.4) is 0 Å². The molecule has 0 heterocycles. The monoisotopic (exact) mass is 522 g/mol. The summed E-state index contributed by atoms with van der Waals surface area (Å²) >= 11 is 0. The molecule has 2 aliphatic carbocycles. The zero-order chi connectivity index (χ0) is 26.3. The number of nitrogens with one attached hydrogen (secondary N) is 1. The lowest BCUT2D eigenvalue weighted by molar-refractivity contribution is -0.137. The van der Waals surface area contributed by atoms with Crippen molar-refractivity contribution in [1.29, 1.82) is 0 Å². The molecule has 2 saturated carbocycles. The number of nitrogens with zero attached hydrogens (tertiary/aromatic N) is 1. The maximum absolute atomic E-state index is 13.5. The average Bonchev–Trinajstić information content (AvgIpc) is 3.60. The van der Waals surface area contributed by atoms with Crippen LogP contribution in [0.25, 0.3) is 0 Å². The second kappa shape index (κ2) is 13.0. The molecule has 0 radical (unpaired) electrons. The number of aliphatic hydroxyl groups excluding tert-OH is 1. The molecule has 9 heteroatoms. The smallest absolute Gasteiger partial charge is 0.303 e. The van der Waals surface area contributed by atoms with Gasteiger partial charge >= 0.3 is 5.97 Å². The normalized spacial score (nSPS) is 22.4. The quantitative estimate of drug-likeness (QED) is 0.343. The van der Waals surface area contributed by atoms with Crippen LogP contribution in [0.5, 0.6) is 0 Å². The number of amides is 1. The summed E-state index contributed by atoms with van der Waals surface area (Å²) in [5.41, 5.74) is 0. The van der Waals surface area contributed by atoms with Crippen LogP contribution >= 0.6 is 0 Å². The van der Waals surface area contributed by atoms with Crippen LogP contribution in [-0.2, 0) is 19.6 Å². The van der Waals surface area contributed by atoms with E-state index >= 15 is 0 Å². The number of carbonyl (C=O) groups is 2. The predicted molar refractivity (Wildman–Crippen MR) is 138 cm³/mol. The van der Waals surface area contributed by atoms with Crippen molar-refractivity contribution < 1.29 is 28.2 Å². The number of hydrogen-bond donors (Lipinski definition) is 3. The fraction of sp³-hybridized carbons (Fsp3) is 0.704. The summed E-state index contributed by atoms with van der Waals surface area (Å²) in [5, 5.41) is 23.4. The van der Waals surface area contributed by atoms with Crippen molar-refractivity contribution in [1.82, 2.24) is 9.62 Å². The number of aliphatic carboxylic acids is 1.